The van der Waals surface area contributed by atoms with Crippen molar-refractivity contribution >= 4 is 29.4 Å². The molecular formula is C21H18ClN3O5. The van der Waals surface area contributed by atoms with Gasteiger partial charge in [-0.2, -0.15) is 0 Å². The normalized spacial score (nSPS) is 13.3. The van der Waals surface area contributed by atoms with Crippen molar-refractivity contribution in [2.24, 2.45) is 11.7 Å². The first-order valence-electron chi connectivity index (χ1n) is 9.31. The Bertz CT molecular complexity index is 1160. The van der Waals surface area contributed by atoms with Gasteiger partial charge in [-0.05, 0) is 43.9 Å². The summed E-state index contributed by atoms with van der Waals surface area (Å²) in [7, 11) is 0. The number of carbonyl (C=O) groups excluding carboxylic acids is 3. The van der Waals surface area contributed by atoms with Crippen molar-refractivity contribution < 1.29 is 23.6 Å². The predicted molar refractivity (Wildman–Crippen MR) is 108 cm³/mol. The number of aromatic nitrogens is 2. The van der Waals surface area contributed by atoms with E-state index in [9.17, 15) is 14.4 Å². The Balaban J connectivity index is 1.70. The number of hydrogen-bond donors (Lipinski definition) is 1. The van der Waals surface area contributed by atoms with E-state index >= 15 is 0 Å². The van der Waals surface area contributed by atoms with Gasteiger partial charge in [0, 0.05) is 22.3 Å². The molecule has 30 heavy (non-hydrogen) atoms. The highest BCUT2D eigenvalue weighted by atomic mass is 35.5. The van der Waals surface area contributed by atoms with E-state index in [0.717, 1.165) is 17.4 Å². The molecule has 1 aliphatic rings. The number of benzene rings is 1. The summed E-state index contributed by atoms with van der Waals surface area (Å²) in [4.78, 5) is 37.5. The minimum Gasteiger partial charge on any atom is -0.461 e. The molecule has 1 fully saturated rings. The number of hydrogen-bond acceptors (Lipinski definition) is 6. The van der Waals surface area contributed by atoms with Crippen LogP contribution in [0.25, 0.3) is 11.3 Å². The highest BCUT2D eigenvalue weighted by molar-refractivity contribution is 6.30. The van der Waals surface area contributed by atoms with Crippen LogP contribution in [0.15, 0.2) is 41.1 Å². The summed E-state index contributed by atoms with van der Waals surface area (Å²) in [5.41, 5.74) is 6.47. The second kappa shape index (κ2) is 7.79. The summed E-state index contributed by atoms with van der Waals surface area (Å²) in [5.74, 6) is -0.538. The van der Waals surface area contributed by atoms with Gasteiger partial charge in [-0.3, -0.25) is 9.36 Å². The molecule has 0 unspecified atom stereocenters. The molecule has 1 saturated carbocycles. The fourth-order valence-electron chi connectivity index (χ4n) is 3.10. The number of rotatable bonds is 6. The number of halogens is 1. The van der Waals surface area contributed by atoms with Crippen molar-refractivity contribution in [2.45, 2.75) is 19.8 Å². The van der Waals surface area contributed by atoms with Crippen molar-refractivity contribution in [3.8, 4) is 11.3 Å². The predicted octanol–water partition coefficient (Wildman–Crippen LogP) is 3.83. The zero-order valence-electron chi connectivity index (χ0n) is 16.1. The topological polar surface area (TPSA) is 117 Å². The lowest BCUT2D eigenvalue weighted by atomic mass is 9.99. The zero-order chi connectivity index (χ0) is 21.4. The van der Waals surface area contributed by atoms with Crippen LogP contribution >= 0.6 is 11.6 Å². The molecule has 0 radical (unpaired) electrons. The maximum atomic E-state index is 13.2. The van der Waals surface area contributed by atoms with Crippen LogP contribution in [-0.2, 0) is 4.74 Å². The van der Waals surface area contributed by atoms with E-state index in [-0.39, 0.29) is 23.4 Å². The van der Waals surface area contributed by atoms with E-state index in [4.69, 9.17) is 26.6 Å². The van der Waals surface area contributed by atoms with Gasteiger partial charge in [0.25, 0.3) is 0 Å². The SMILES string of the molecule is Cc1onc(-c2cccc(Cl)c2)c1C(=O)c1cc(C(=O)OCC2CC2)n(C(N)=O)c1. The van der Waals surface area contributed by atoms with Crippen LogP contribution in [0, 0.1) is 12.8 Å². The highest BCUT2D eigenvalue weighted by Gasteiger charge is 2.28. The first-order valence-corrected chi connectivity index (χ1v) is 9.69. The second-order valence-electron chi connectivity index (χ2n) is 7.17. The van der Waals surface area contributed by atoms with E-state index < -0.39 is 17.8 Å². The van der Waals surface area contributed by atoms with Crippen LogP contribution in [0.2, 0.25) is 5.02 Å². The van der Waals surface area contributed by atoms with Gasteiger partial charge in [0.1, 0.15) is 17.1 Å². The molecule has 0 atom stereocenters. The van der Waals surface area contributed by atoms with Crippen LogP contribution in [0.5, 0.6) is 0 Å². The Kier molecular flexibility index (Phi) is 5.17. The smallest absolute Gasteiger partial charge is 0.355 e. The molecule has 8 nitrogen and oxygen atoms in total. The van der Waals surface area contributed by atoms with Crippen LogP contribution in [0.4, 0.5) is 4.79 Å². The van der Waals surface area contributed by atoms with Crippen LogP contribution < -0.4 is 5.73 Å². The van der Waals surface area contributed by atoms with Crippen LogP contribution in [-0.4, -0.2) is 34.1 Å². The minimum atomic E-state index is -0.899. The van der Waals surface area contributed by atoms with Crippen LogP contribution in [0.1, 0.15) is 45.0 Å². The quantitative estimate of drug-likeness (QED) is 0.472. The molecule has 0 aliphatic heterocycles. The maximum absolute atomic E-state index is 13.2. The summed E-state index contributed by atoms with van der Waals surface area (Å²) < 4.78 is 11.4. The molecule has 1 aliphatic carbocycles. The van der Waals surface area contributed by atoms with Gasteiger partial charge in [0.05, 0.1) is 12.2 Å². The van der Waals surface area contributed by atoms with E-state index in [1.54, 1.807) is 31.2 Å². The van der Waals surface area contributed by atoms with Crippen molar-refractivity contribution in [1.82, 2.24) is 9.72 Å². The van der Waals surface area contributed by atoms with Gasteiger partial charge in [-0.15, -0.1) is 0 Å². The average Bonchev–Trinajstić information content (AvgIpc) is 3.29. The summed E-state index contributed by atoms with van der Waals surface area (Å²) in [6.45, 7) is 1.87. The molecule has 4 rings (SSSR count). The number of ether oxygens (including phenoxy) is 1. The number of esters is 1. The van der Waals surface area contributed by atoms with Gasteiger partial charge in [-0.1, -0.05) is 28.9 Å². The van der Waals surface area contributed by atoms with E-state index in [0.29, 0.717) is 28.0 Å². The monoisotopic (exact) mass is 427 g/mol. The molecule has 9 heteroatoms. The lowest BCUT2D eigenvalue weighted by Crippen LogP contribution is -2.24. The molecular weight excluding hydrogens is 410 g/mol. The van der Waals surface area contributed by atoms with Crippen molar-refractivity contribution in [3.63, 3.8) is 0 Å². The minimum absolute atomic E-state index is 0.0850. The number of amides is 1. The molecule has 1 aromatic carbocycles. The Morgan fingerprint density at radius 1 is 1.30 bits per heavy atom. The highest BCUT2D eigenvalue weighted by Crippen LogP contribution is 2.31. The molecule has 0 spiro atoms. The third-order valence-corrected chi connectivity index (χ3v) is 5.10. The molecule has 2 aromatic heterocycles. The third kappa shape index (κ3) is 3.86. The van der Waals surface area contributed by atoms with Gasteiger partial charge in [0.2, 0.25) is 0 Å². The van der Waals surface area contributed by atoms with Gasteiger partial charge >= 0.3 is 12.0 Å². The lowest BCUT2D eigenvalue weighted by molar-refractivity contribution is 0.0476. The number of carbonyl (C=O) groups is 3. The fraction of sp³-hybridized carbons (Fsp3) is 0.238. The van der Waals surface area contributed by atoms with E-state index in [2.05, 4.69) is 5.16 Å². The fourth-order valence-corrected chi connectivity index (χ4v) is 3.29. The Hall–Kier alpha value is -3.39. The molecule has 2 N–H and O–H groups in total. The molecule has 0 saturated heterocycles. The van der Waals surface area contributed by atoms with Crippen molar-refractivity contribution in [3.05, 3.63) is 64.1 Å². The first-order chi connectivity index (χ1) is 14.3. The van der Waals surface area contributed by atoms with Crippen molar-refractivity contribution in [1.29, 1.82) is 0 Å². The standard InChI is InChI=1S/C21H18ClN3O5/c1-11-17(18(24-30-11)13-3-2-4-15(22)7-13)19(26)14-8-16(25(9-14)21(23)28)20(27)29-10-12-5-6-12/h2-4,7-9,12H,5-6,10H2,1H3,(H2,23,28). The van der Waals surface area contributed by atoms with Gasteiger partial charge in [-0.25, -0.2) is 9.59 Å². The van der Waals surface area contributed by atoms with E-state index in [1.807, 2.05) is 0 Å². The molecule has 2 heterocycles. The zero-order valence-corrected chi connectivity index (χ0v) is 16.8. The average molecular weight is 428 g/mol. The van der Waals surface area contributed by atoms with Gasteiger partial charge in [0.15, 0.2) is 5.78 Å². The summed E-state index contributed by atoms with van der Waals surface area (Å²) in [5, 5.41) is 4.46. The Morgan fingerprint density at radius 3 is 2.73 bits per heavy atom. The second-order valence-corrected chi connectivity index (χ2v) is 7.60. The van der Waals surface area contributed by atoms with Gasteiger partial charge < -0.3 is 15.0 Å². The summed E-state index contributed by atoms with van der Waals surface area (Å²) in [6.07, 6.45) is 3.23. The first kappa shape index (κ1) is 19.9. The number of primary amides is 1. The summed E-state index contributed by atoms with van der Waals surface area (Å²) in [6, 6.07) is 7.22. The third-order valence-electron chi connectivity index (χ3n) is 4.86. The Labute approximate surface area is 176 Å². The molecule has 3 aromatic rings. The number of aryl methyl sites for hydroxylation is 1. The van der Waals surface area contributed by atoms with Crippen LogP contribution in [0.3, 0.4) is 0 Å². The number of ketones is 1. The molecule has 0 bridgehead atoms. The largest absolute Gasteiger partial charge is 0.461 e. The Morgan fingerprint density at radius 2 is 2.07 bits per heavy atom. The van der Waals surface area contributed by atoms with E-state index in [1.165, 1.54) is 12.3 Å². The van der Waals surface area contributed by atoms with Crippen molar-refractivity contribution in [2.75, 3.05) is 6.61 Å². The number of nitrogens with two attached hydrogens (primary N) is 1. The number of nitrogens with zero attached hydrogens (tertiary/aromatic N) is 2. The summed E-state index contributed by atoms with van der Waals surface area (Å²) >= 11 is 6.05. The maximum Gasteiger partial charge on any atom is 0.355 e. The lowest BCUT2D eigenvalue weighted by Gasteiger charge is -2.05. The molecule has 1 amide bonds. The molecule has 154 valence electrons.